The Morgan fingerprint density at radius 1 is 1.10 bits per heavy atom. The highest BCUT2D eigenvalue weighted by Crippen LogP contribution is 2.21. The predicted octanol–water partition coefficient (Wildman–Crippen LogP) is 2.20. The van der Waals surface area contributed by atoms with E-state index in [0.717, 1.165) is 5.56 Å². The highest BCUT2D eigenvalue weighted by molar-refractivity contribution is 7.92. The largest absolute Gasteiger partial charge is 0.366 e. The molecule has 0 aliphatic rings. The first-order valence-electron chi connectivity index (χ1n) is 6.29. The lowest BCUT2D eigenvalue weighted by Gasteiger charge is -2.11. The van der Waals surface area contributed by atoms with Crippen molar-refractivity contribution < 1.29 is 13.2 Å². The summed E-state index contributed by atoms with van der Waals surface area (Å²) >= 11 is 0. The summed E-state index contributed by atoms with van der Waals surface area (Å²) in [6, 6.07) is 11.4. The van der Waals surface area contributed by atoms with Gasteiger partial charge in [-0.25, -0.2) is 8.42 Å². The maximum absolute atomic E-state index is 12.4. The SMILES string of the molecule is Cc1cccc(NS(=O)(=O)c2cc(C(N)=O)ccc2C)c1. The Kier molecular flexibility index (Phi) is 3.99. The molecule has 0 fully saturated rings. The van der Waals surface area contributed by atoms with Crippen molar-refractivity contribution in [3.8, 4) is 0 Å². The number of hydrogen-bond donors (Lipinski definition) is 2. The van der Waals surface area contributed by atoms with Crippen LogP contribution in [0.2, 0.25) is 0 Å². The zero-order chi connectivity index (χ0) is 15.6. The molecule has 2 aromatic carbocycles. The van der Waals surface area contributed by atoms with Crippen LogP contribution in [-0.2, 0) is 10.0 Å². The Morgan fingerprint density at radius 3 is 2.43 bits per heavy atom. The van der Waals surface area contributed by atoms with Crippen molar-refractivity contribution in [3.63, 3.8) is 0 Å². The number of carbonyl (C=O) groups excluding carboxylic acids is 1. The molecule has 2 aromatic rings. The van der Waals surface area contributed by atoms with Crippen molar-refractivity contribution in [1.29, 1.82) is 0 Å². The van der Waals surface area contributed by atoms with Gasteiger partial charge in [-0.1, -0.05) is 18.2 Å². The molecule has 3 N–H and O–H groups in total. The summed E-state index contributed by atoms with van der Waals surface area (Å²) in [5.41, 5.74) is 7.31. The molecule has 21 heavy (non-hydrogen) atoms. The van der Waals surface area contributed by atoms with Gasteiger partial charge in [-0.3, -0.25) is 9.52 Å². The molecule has 0 bridgehead atoms. The fourth-order valence-corrected chi connectivity index (χ4v) is 3.28. The van der Waals surface area contributed by atoms with Crippen LogP contribution in [0.15, 0.2) is 47.4 Å². The molecular formula is C15H16N2O3S. The van der Waals surface area contributed by atoms with Gasteiger partial charge < -0.3 is 5.73 Å². The van der Waals surface area contributed by atoms with Crippen molar-refractivity contribution in [2.45, 2.75) is 18.7 Å². The van der Waals surface area contributed by atoms with E-state index < -0.39 is 15.9 Å². The number of nitrogens with two attached hydrogens (primary N) is 1. The van der Waals surface area contributed by atoms with Gasteiger partial charge in [-0.05, 0) is 49.2 Å². The van der Waals surface area contributed by atoms with E-state index in [1.54, 1.807) is 31.2 Å². The third-order valence-corrected chi connectivity index (χ3v) is 4.56. The Hall–Kier alpha value is -2.34. The number of benzene rings is 2. The van der Waals surface area contributed by atoms with Crippen molar-refractivity contribution in [2.75, 3.05) is 4.72 Å². The molecule has 1 amide bonds. The zero-order valence-electron chi connectivity index (χ0n) is 11.8. The van der Waals surface area contributed by atoms with E-state index in [1.165, 1.54) is 12.1 Å². The van der Waals surface area contributed by atoms with Crippen molar-refractivity contribution in [2.24, 2.45) is 5.73 Å². The smallest absolute Gasteiger partial charge is 0.262 e. The second-order valence-corrected chi connectivity index (χ2v) is 6.47. The number of aryl methyl sites for hydroxylation is 2. The van der Waals surface area contributed by atoms with E-state index in [9.17, 15) is 13.2 Å². The van der Waals surface area contributed by atoms with Crippen LogP contribution in [0.1, 0.15) is 21.5 Å². The van der Waals surface area contributed by atoms with Gasteiger partial charge in [0.05, 0.1) is 4.90 Å². The molecule has 0 saturated heterocycles. The minimum Gasteiger partial charge on any atom is -0.366 e. The molecule has 0 aliphatic heterocycles. The molecule has 5 nitrogen and oxygen atoms in total. The first-order chi connectivity index (χ1) is 9.79. The van der Waals surface area contributed by atoms with E-state index in [4.69, 9.17) is 5.73 Å². The molecule has 2 rings (SSSR count). The molecule has 0 aliphatic carbocycles. The third kappa shape index (κ3) is 3.41. The summed E-state index contributed by atoms with van der Waals surface area (Å²) in [5.74, 6) is -0.665. The van der Waals surface area contributed by atoms with Gasteiger partial charge >= 0.3 is 0 Å². The van der Waals surface area contributed by atoms with Crippen LogP contribution in [0.3, 0.4) is 0 Å². The zero-order valence-corrected chi connectivity index (χ0v) is 12.6. The molecule has 0 heterocycles. The van der Waals surface area contributed by atoms with Crippen LogP contribution in [0.25, 0.3) is 0 Å². The van der Waals surface area contributed by atoms with Gasteiger partial charge in [0.25, 0.3) is 10.0 Å². The molecule has 0 spiro atoms. The molecule has 6 heteroatoms. The number of primary amides is 1. The molecule has 0 atom stereocenters. The highest BCUT2D eigenvalue weighted by atomic mass is 32.2. The summed E-state index contributed by atoms with van der Waals surface area (Å²) in [7, 11) is -3.77. The standard InChI is InChI=1S/C15H16N2O3S/c1-10-4-3-5-13(8-10)17-21(19,20)14-9-12(15(16)18)7-6-11(14)2/h3-9,17H,1-2H3,(H2,16,18). The summed E-state index contributed by atoms with van der Waals surface area (Å²) in [4.78, 5) is 11.2. The monoisotopic (exact) mass is 304 g/mol. The molecule has 110 valence electrons. The number of amides is 1. The average molecular weight is 304 g/mol. The summed E-state index contributed by atoms with van der Waals surface area (Å²) in [6.07, 6.45) is 0. The van der Waals surface area contributed by atoms with E-state index in [0.29, 0.717) is 11.3 Å². The topological polar surface area (TPSA) is 89.3 Å². The Balaban J connectivity index is 2.44. The van der Waals surface area contributed by atoms with Crippen molar-refractivity contribution >= 4 is 21.6 Å². The lowest BCUT2D eigenvalue weighted by atomic mass is 10.1. The van der Waals surface area contributed by atoms with Crippen LogP contribution in [0.5, 0.6) is 0 Å². The van der Waals surface area contributed by atoms with Gasteiger partial charge in [-0.15, -0.1) is 0 Å². The van der Waals surface area contributed by atoms with Gasteiger partial charge in [0.1, 0.15) is 0 Å². The van der Waals surface area contributed by atoms with Crippen LogP contribution in [0, 0.1) is 13.8 Å². The number of nitrogens with one attached hydrogen (secondary N) is 1. The van der Waals surface area contributed by atoms with E-state index in [-0.39, 0.29) is 10.5 Å². The van der Waals surface area contributed by atoms with Crippen LogP contribution < -0.4 is 10.5 Å². The second kappa shape index (κ2) is 5.57. The first kappa shape index (κ1) is 15.1. The molecule has 0 aromatic heterocycles. The fourth-order valence-electron chi connectivity index (χ4n) is 1.96. The molecule has 0 saturated carbocycles. The molecule has 0 unspecified atom stereocenters. The Labute approximate surface area is 123 Å². The lowest BCUT2D eigenvalue weighted by molar-refractivity contribution is 0.1000. The van der Waals surface area contributed by atoms with E-state index in [1.807, 2.05) is 13.0 Å². The van der Waals surface area contributed by atoms with Gasteiger partial charge in [-0.2, -0.15) is 0 Å². The fraction of sp³-hybridized carbons (Fsp3) is 0.133. The number of sulfonamides is 1. The average Bonchev–Trinajstić information content (AvgIpc) is 2.38. The van der Waals surface area contributed by atoms with Crippen LogP contribution >= 0.6 is 0 Å². The summed E-state index contributed by atoms with van der Waals surface area (Å²) in [5, 5.41) is 0. The van der Waals surface area contributed by atoms with Crippen LogP contribution in [0.4, 0.5) is 5.69 Å². The minimum atomic E-state index is -3.77. The molecule has 0 radical (unpaired) electrons. The number of carbonyl (C=O) groups is 1. The number of rotatable bonds is 4. The summed E-state index contributed by atoms with van der Waals surface area (Å²) < 4.78 is 27.4. The number of hydrogen-bond acceptors (Lipinski definition) is 3. The normalized spacial score (nSPS) is 11.1. The summed E-state index contributed by atoms with van der Waals surface area (Å²) in [6.45, 7) is 3.53. The maximum Gasteiger partial charge on any atom is 0.262 e. The quantitative estimate of drug-likeness (QED) is 0.907. The van der Waals surface area contributed by atoms with Gasteiger partial charge in [0, 0.05) is 11.3 Å². The third-order valence-electron chi connectivity index (χ3n) is 3.03. The lowest BCUT2D eigenvalue weighted by Crippen LogP contribution is -2.17. The second-order valence-electron chi connectivity index (χ2n) is 4.82. The Bertz CT molecular complexity index is 798. The van der Waals surface area contributed by atoms with E-state index in [2.05, 4.69) is 4.72 Å². The Morgan fingerprint density at radius 2 is 1.81 bits per heavy atom. The highest BCUT2D eigenvalue weighted by Gasteiger charge is 2.18. The minimum absolute atomic E-state index is 0.0420. The molecular weight excluding hydrogens is 288 g/mol. The van der Waals surface area contributed by atoms with Crippen molar-refractivity contribution in [3.05, 3.63) is 59.2 Å². The van der Waals surface area contributed by atoms with Crippen molar-refractivity contribution in [1.82, 2.24) is 0 Å². The number of anilines is 1. The van der Waals surface area contributed by atoms with Crippen LogP contribution in [-0.4, -0.2) is 14.3 Å². The predicted molar refractivity (Wildman–Crippen MR) is 81.7 cm³/mol. The maximum atomic E-state index is 12.4. The first-order valence-corrected chi connectivity index (χ1v) is 7.78. The van der Waals surface area contributed by atoms with E-state index >= 15 is 0 Å². The van der Waals surface area contributed by atoms with Gasteiger partial charge in [0.15, 0.2) is 0 Å². The van der Waals surface area contributed by atoms with Gasteiger partial charge in [0.2, 0.25) is 5.91 Å².